The quantitative estimate of drug-likeness (QED) is 0.458. The lowest BCUT2D eigenvalue weighted by atomic mass is 10.1. The molecule has 0 N–H and O–H groups in total. The van der Waals surface area contributed by atoms with Crippen molar-refractivity contribution in [2.75, 3.05) is 18.4 Å². The van der Waals surface area contributed by atoms with Crippen molar-refractivity contribution in [3.05, 3.63) is 29.8 Å². The smallest absolute Gasteiger partial charge is 0.326 e. The zero-order chi connectivity index (χ0) is 13.4. The van der Waals surface area contributed by atoms with Gasteiger partial charge in [-0.05, 0) is 17.7 Å². The van der Waals surface area contributed by atoms with Gasteiger partial charge in [-0.25, -0.2) is 0 Å². The lowest BCUT2D eigenvalue weighted by Gasteiger charge is -2.05. The SMILES string of the molecule is O=C(CCl)OCCc1ccc(OC(=O)CCl)cc1. The standard InChI is InChI=1S/C12H12Cl2O4/c13-7-11(15)17-6-5-9-1-3-10(4-2-9)18-12(16)8-14/h1-4H,5-8H2. The van der Waals surface area contributed by atoms with Crippen LogP contribution in [-0.4, -0.2) is 30.3 Å². The molecule has 4 nitrogen and oxygen atoms in total. The van der Waals surface area contributed by atoms with Gasteiger partial charge in [0.25, 0.3) is 0 Å². The summed E-state index contributed by atoms with van der Waals surface area (Å²) in [5, 5.41) is 0. The average Bonchev–Trinajstić information content (AvgIpc) is 2.40. The highest BCUT2D eigenvalue weighted by atomic mass is 35.5. The van der Waals surface area contributed by atoms with Crippen LogP contribution in [0.4, 0.5) is 0 Å². The molecule has 0 aliphatic heterocycles. The first-order chi connectivity index (χ1) is 8.65. The Kier molecular flexibility index (Phi) is 6.54. The van der Waals surface area contributed by atoms with E-state index in [1.54, 1.807) is 24.3 Å². The number of halogens is 2. The molecule has 0 unspecified atom stereocenters. The van der Waals surface area contributed by atoms with Crippen molar-refractivity contribution in [2.24, 2.45) is 0 Å². The number of alkyl halides is 2. The molecule has 0 atom stereocenters. The summed E-state index contributed by atoms with van der Waals surface area (Å²) in [5.74, 6) is -0.837. The van der Waals surface area contributed by atoms with Crippen LogP contribution in [0.1, 0.15) is 5.56 Å². The summed E-state index contributed by atoms with van der Waals surface area (Å²) < 4.78 is 9.74. The maximum atomic E-state index is 10.9. The van der Waals surface area contributed by atoms with Crippen LogP contribution in [-0.2, 0) is 20.7 Å². The first-order valence-electron chi connectivity index (χ1n) is 5.23. The van der Waals surface area contributed by atoms with E-state index in [0.717, 1.165) is 5.56 Å². The highest BCUT2D eigenvalue weighted by molar-refractivity contribution is 6.26. The zero-order valence-electron chi connectivity index (χ0n) is 9.53. The molecule has 0 saturated heterocycles. The van der Waals surface area contributed by atoms with Crippen LogP contribution in [0, 0.1) is 0 Å². The van der Waals surface area contributed by atoms with E-state index >= 15 is 0 Å². The molecule has 0 aliphatic rings. The number of carbonyl (C=O) groups excluding carboxylic acids is 2. The summed E-state index contributed by atoms with van der Waals surface area (Å²) in [6, 6.07) is 6.88. The minimum Gasteiger partial charge on any atom is -0.464 e. The predicted molar refractivity (Wildman–Crippen MR) is 68.2 cm³/mol. The van der Waals surface area contributed by atoms with E-state index < -0.39 is 11.9 Å². The fourth-order valence-electron chi connectivity index (χ4n) is 1.20. The summed E-state index contributed by atoms with van der Waals surface area (Å²) in [5.41, 5.74) is 0.961. The van der Waals surface area contributed by atoms with Gasteiger partial charge in [-0.2, -0.15) is 0 Å². The van der Waals surface area contributed by atoms with E-state index in [-0.39, 0.29) is 18.4 Å². The van der Waals surface area contributed by atoms with Crippen LogP contribution >= 0.6 is 23.2 Å². The van der Waals surface area contributed by atoms with E-state index in [0.29, 0.717) is 12.2 Å². The van der Waals surface area contributed by atoms with E-state index in [2.05, 4.69) is 0 Å². The molecule has 1 rings (SSSR count). The number of carbonyl (C=O) groups is 2. The molecule has 0 aromatic heterocycles. The minimum absolute atomic E-state index is 0.146. The van der Waals surface area contributed by atoms with E-state index in [1.807, 2.05) is 0 Å². The molecule has 0 fully saturated rings. The van der Waals surface area contributed by atoms with Gasteiger partial charge >= 0.3 is 11.9 Å². The molecule has 6 heteroatoms. The van der Waals surface area contributed by atoms with E-state index in [1.165, 1.54) is 0 Å². The Bertz CT molecular complexity index is 403. The van der Waals surface area contributed by atoms with Crippen molar-refractivity contribution < 1.29 is 19.1 Å². The third kappa shape index (κ3) is 5.38. The molecule has 1 aromatic carbocycles. The Morgan fingerprint density at radius 3 is 2.17 bits per heavy atom. The van der Waals surface area contributed by atoms with Gasteiger partial charge in [0.15, 0.2) is 0 Å². The number of rotatable bonds is 6. The van der Waals surface area contributed by atoms with E-state index in [9.17, 15) is 9.59 Å². The second-order valence-corrected chi connectivity index (χ2v) is 3.89. The van der Waals surface area contributed by atoms with Gasteiger partial charge in [-0.15, -0.1) is 23.2 Å². The van der Waals surface area contributed by atoms with Crippen molar-refractivity contribution in [3.63, 3.8) is 0 Å². The molecule has 98 valence electrons. The summed E-state index contributed by atoms with van der Waals surface area (Å²) in [6.45, 7) is 0.270. The molecular weight excluding hydrogens is 279 g/mol. The summed E-state index contributed by atoms with van der Waals surface area (Å²) in [6.07, 6.45) is 0.576. The first-order valence-corrected chi connectivity index (χ1v) is 6.29. The topological polar surface area (TPSA) is 52.6 Å². The predicted octanol–water partition coefficient (Wildman–Crippen LogP) is 2.16. The van der Waals surface area contributed by atoms with Crippen molar-refractivity contribution in [2.45, 2.75) is 6.42 Å². The Labute approximate surface area is 115 Å². The van der Waals surface area contributed by atoms with Crippen LogP contribution in [0.3, 0.4) is 0 Å². The van der Waals surface area contributed by atoms with Crippen molar-refractivity contribution >= 4 is 35.1 Å². The molecule has 0 amide bonds. The first kappa shape index (κ1) is 14.8. The maximum Gasteiger partial charge on any atom is 0.326 e. The Balaban J connectivity index is 2.40. The van der Waals surface area contributed by atoms with Crippen LogP contribution in [0.25, 0.3) is 0 Å². The van der Waals surface area contributed by atoms with Gasteiger partial charge in [0.05, 0.1) is 6.61 Å². The monoisotopic (exact) mass is 290 g/mol. The fraction of sp³-hybridized carbons (Fsp3) is 0.333. The minimum atomic E-state index is -0.500. The normalized spacial score (nSPS) is 9.89. The van der Waals surface area contributed by atoms with Crippen LogP contribution in [0.2, 0.25) is 0 Å². The molecule has 0 spiro atoms. The summed E-state index contributed by atoms with van der Waals surface area (Å²) >= 11 is 10.6. The highest BCUT2D eigenvalue weighted by Crippen LogP contribution is 2.13. The van der Waals surface area contributed by atoms with Crippen molar-refractivity contribution in [1.29, 1.82) is 0 Å². The molecule has 0 heterocycles. The molecule has 18 heavy (non-hydrogen) atoms. The Hall–Kier alpha value is -1.26. The number of benzene rings is 1. The Morgan fingerprint density at radius 1 is 1.00 bits per heavy atom. The largest absolute Gasteiger partial charge is 0.464 e. The van der Waals surface area contributed by atoms with Gasteiger partial charge in [0.1, 0.15) is 17.5 Å². The molecule has 0 radical (unpaired) electrons. The number of hydrogen-bond acceptors (Lipinski definition) is 4. The molecule has 1 aromatic rings. The Morgan fingerprint density at radius 2 is 1.61 bits per heavy atom. The van der Waals surface area contributed by atoms with Gasteiger partial charge in [0.2, 0.25) is 0 Å². The number of esters is 2. The zero-order valence-corrected chi connectivity index (χ0v) is 11.0. The van der Waals surface area contributed by atoms with Crippen molar-refractivity contribution in [3.8, 4) is 5.75 Å². The van der Waals surface area contributed by atoms with E-state index in [4.69, 9.17) is 32.7 Å². The molecule has 0 bridgehead atoms. The molecule has 0 aliphatic carbocycles. The third-order valence-electron chi connectivity index (χ3n) is 2.03. The lowest BCUT2D eigenvalue weighted by molar-refractivity contribution is -0.140. The summed E-state index contributed by atoms with van der Waals surface area (Å²) in [7, 11) is 0. The number of ether oxygens (including phenoxy) is 2. The van der Waals surface area contributed by atoms with Gasteiger partial charge in [-0.3, -0.25) is 9.59 Å². The van der Waals surface area contributed by atoms with Gasteiger partial charge in [0, 0.05) is 6.42 Å². The lowest BCUT2D eigenvalue weighted by Crippen LogP contribution is -2.09. The van der Waals surface area contributed by atoms with Gasteiger partial charge in [-0.1, -0.05) is 12.1 Å². The number of hydrogen-bond donors (Lipinski definition) is 0. The van der Waals surface area contributed by atoms with Crippen molar-refractivity contribution in [1.82, 2.24) is 0 Å². The second kappa shape index (κ2) is 7.95. The van der Waals surface area contributed by atoms with Crippen LogP contribution < -0.4 is 4.74 Å². The molecular formula is C12H12Cl2O4. The van der Waals surface area contributed by atoms with Crippen LogP contribution in [0.15, 0.2) is 24.3 Å². The highest BCUT2D eigenvalue weighted by Gasteiger charge is 2.03. The average molecular weight is 291 g/mol. The van der Waals surface area contributed by atoms with Gasteiger partial charge < -0.3 is 9.47 Å². The fourth-order valence-corrected chi connectivity index (χ4v) is 1.34. The molecule has 0 saturated carbocycles. The second-order valence-electron chi connectivity index (χ2n) is 3.36. The third-order valence-corrected chi connectivity index (χ3v) is 2.46. The van der Waals surface area contributed by atoms with Crippen LogP contribution in [0.5, 0.6) is 5.75 Å². The summed E-state index contributed by atoms with van der Waals surface area (Å²) in [4.78, 5) is 21.7. The maximum absolute atomic E-state index is 10.9.